The number of ether oxygens (including phenoxy) is 2. The van der Waals surface area contributed by atoms with Crippen LogP contribution >= 0.6 is 0 Å². The van der Waals surface area contributed by atoms with Crippen molar-refractivity contribution in [3.05, 3.63) is 59.7 Å². The van der Waals surface area contributed by atoms with Gasteiger partial charge in [-0.1, -0.05) is 12.1 Å². The van der Waals surface area contributed by atoms with Crippen molar-refractivity contribution >= 4 is 46.9 Å². The van der Waals surface area contributed by atoms with Crippen LogP contribution in [0.25, 0.3) is 0 Å². The monoisotopic (exact) mass is 478 g/mol. The van der Waals surface area contributed by atoms with Crippen LogP contribution in [-0.4, -0.2) is 48.8 Å². The molecule has 2 heterocycles. The van der Waals surface area contributed by atoms with Crippen LogP contribution in [0.1, 0.15) is 52.8 Å². The van der Waals surface area contributed by atoms with E-state index in [2.05, 4.69) is 0 Å². The Hall–Kier alpha value is -4.34. The smallest absolute Gasteiger partial charge is 0.338 e. The van der Waals surface area contributed by atoms with E-state index >= 15 is 0 Å². The third-order valence-corrected chi connectivity index (χ3v) is 5.54. The zero-order valence-electron chi connectivity index (χ0n) is 18.7. The van der Waals surface area contributed by atoms with Gasteiger partial charge in [0, 0.05) is 32.1 Å². The summed E-state index contributed by atoms with van der Waals surface area (Å²) in [6.07, 6.45) is 0.815. The zero-order chi connectivity index (χ0) is 24.9. The zero-order valence-corrected chi connectivity index (χ0v) is 18.7. The first-order valence-electron chi connectivity index (χ1n) is 11.1. The Labute approximate surface area is 200 Å². The molecule has 0 atom stereocenters. The van der Waals surface area contributed by atoms with E-state index in [1.54, 1.807) is 24.3 Å². The highest BCUT2D eigenvalue weighted by molar-refractivity contribution is 6.20. The Balaban J connectivity index is 1.25. The lowest BCUT2D eigenvalue weighted by molar-refractivity contribution is -0.122. The summed E-state index contributed by atoms with van der Waals surface area (Å²) in [6, 6.07) is 12.1. The normalized spacial score (nSPS) is 15.7. The highest BCUT2D eigenvalue weighted by Gasteiger charge is 2.31. The molecule has 35 heavy (non-hydrogen) atoms. The number of carbonyl (C=O) groups excluding carboxylic acids is 6. The van der Waals surface area contributed by atoms with Crippen molar-refractivity contribution in [2.75, 3.05) is 23.0 Å². The topological polar surface area (TPSA) is 127 Å². The van der Waals surface area contributed by atoms with E-state index in [1.807, 2.05) is 0 Å². The Morgan fingerprint density at radius 3 is 1.37 bits per heavy atom. The molecule has 0 saturated carbocycles. The van der Waals surface area contributed by atoms with Crippen LogP contribution in [0.15, 0.2) is 48.5 Å². The predicted molar refractivity (Wildman–Crippen MR) is 122 cm³/mol. The molecule has 0 N–H and O–H groups in total. The van der Waals surface area contributed by atoms with E-state index in [4.69, 9.17) is 9.47 Å². The fraction of sp³-hybridized carbons (Fsp3) is 0.280. The number of anilines is 2. The van der Waals surface area contributed by atoms with E-state index in [0.29, 0.717) is 11.4 Å². The van der Waals surface area contributed by atoms with E-state index in [9.17, 15) is 28.8 Å². The fourth-order valence-electron chi connectivity index (χ4n) is 3.83. The van der Waals surface area contributed by atoms with Gasteiger partial charge in [-0.2, -0.15) is 0 Å². The molecule has 2 aromatic carbocycles. The van der Waals surface area contributed by atoms with Crippen molar-refractivity contribution in [3.63, 3.8) is 0 Å². The second-order valence-corrected chi connectivity index (χ2v) is 7.97. The molecule has 10 nitrogen and oxygen atoms in total. The van der Waals surface area contributed by atoms with Crippen molar-refractivity contribution in [1.82, 2.24) is 0 Å². The molecule has 10 heteroatoms. The number of amides is 4. The molecular weight excluding hydrogens is 456 g/mol. The Kier molecular flexibility index (Phi) is 7.00. The van der Waals surface area contributed by atoms with Gasteiger partial charge in [-0.05, 0) is 36.4 Å². The minimum Gasteiger partial charge on any atom is -0.462 e. The van der Waals surface area contributed by atoms with Crippen molar-refractivity contribution in [2.24, 2.45) is 0 Å². The van der Waals surface area contributed by atoms with Gasteiger partial charge < -0.3 is 9.47 Å². The van der Waals surface area contributed by atoms with Crippen molar-refractivity contribution in [3.8, 4) is 0 Å². The second-order valence-electron chi connectivity index (χ2n) is 7.97. The number of esters is 2. The summed E-state index contributed by atoms with van der Waals surface area (Å²) in [4.78, 5) is 74.4. The number of nitrogens with zero attached hydrogens (tertiary/aromatic N) is 2. The third kappa shape index (κ3) is 5.26. The molecule has 0 spiro atoms. The van der Waals surface area contributed by atoms with Gasteiger partial charge in [0.1, 0.15) is 0 Å². The van der Waals surface area contributed by atoms with E-state index in [1.165, 1.54) is 24.3 Å². The highest BCUT2D eigenvalue weighted by Crippen LogP contribution is 2.25. The molecule has 180 valence electrons. The van der Waals surface area contributed by atoms with Crippen LogP contribution in [-0.2, 0) is 28.7 Å². The molecule has 0 unspecified atom stereocenters. The minimum atomic E-state index is -0.634. The maximum atomic E-state index is 12.3. The van der Waals surface area contributed by atoms with Gasteiger partial charge in [0.25, 0.3) is 0 Å². The summed E-state index contributed by atoms with van der Waals surface area (Å²) in [5.41, 5.74) is 1.02. The molecule has 4 rings (SSSR count). The van der Waals surface area contributed by atoms with Crippen LogP contribution in [0.3, 0.4) is 0 Å². The summed E-state index contributed by atoms with van der Waals surface area (Å²) < 4.78 is 10.4. The van der Waals surface area contributed by atoms with Crippen LogP contribution in [0.5, 0.6) is 0 Å². The van der Waals surface area contributed by atoms with Crippen LogP contribution < -0.4 is 9.80 Å². The first-order valence-corrected chi connectivity index (χ1v) is 11.1. The quantitative estimate of drug-likeness (QED) is 0.322. The van der Waals surface area contributed by atoms with Crippen molar-refractivity contribution in [2.45, 2.75) is 32.1 Å². The lowest BCUT2D eigenvalue weighted by atomic mass is 10.2. The standard InChI is InChI=1S/C25H22N2O8/c28-20-8-9-21(29)26(20)18-6-1-4-16(14-18)24(32)34-12-3-13-35-25(33)17-5-2-7-19(15-17)27-22(30)10-11-23(27)31/h1-2,4-7,14-15H,3,8-13H2. The molecule has 0 radical (unpaired) electrons. The molecule has 2 fully saturated rings. The highest BCUT2D eigenvalue weighted by atomic mass is 16.5. The summed E-state index contributed by atoms with van der Waals surface area (Å²) in [6.45, 7) is -0.0382. The molecule has 0 aliphatic carbocycles. The van der Waals surface area contributed by atoms with E-state index in [0.717, 1.165) is 9.80 Å². The number of hydrogen-bond donors (Lipinski definition) is 0. The summed E-state index contributed by atoms with van der Waals surface area (Å²) in [5.74, 6) is -2.52. The SMILES string of the molecule is O=C(OCCCOC(=O)c1cccc(N2C(=O)CCC2=O)c1)c1cccc(N2C(=O)CCC2=O)c1. The molecular formula is C25H22N2O8. The second kappa shape index (κ2) is 10.3. The van der Waals surface area contributed by atoms with E-state index < -0.39 is 11.9 Å². The molecule has 0 bridgehead atoms. The number of hydrogen-bond acceptors (Lipinski definition) is 8. The maximum absolute atomic E-state index is 12.3. The lowest BCUT2D eigenvalue weighted by Crippen LogP contribution is -2.28. The largest absolute Gasteiger partial charge is 0.462 e. The Morgan fingerprint density at radius 1 is 0.629 bits per heavy atom. The Bertz CT molecular complexity index is 1100. The van der Waals surface area contributed by atoms with Gasteiger partial charge in [-0.3, -0.25) is 29.0 Å². The average molecular weight is 478 g/mol. The molecule has 0 aromatic heterocycles. The lowest BCUT2D eigenvalue weighted by Gasteiger charge is -2.15. The maximum Gasteiger partial charge on any atom is 0.338 e. The first kappa shape index (κ1) is 23.8. The molecule has 2 aliphatic rings. The van der Waals surface area contributed by atoms with Crippen molar-refractivity contribution < 1.29 is 38.2 Å². The fourth-order valence-corrected chi connectivity index (χ4v) is 3.83. The van der Waals surface area contributed by atoms with Gasteiger partial charge in [0.05, 0.1) is 35.7 Å². The molecule has 2 saturated heterocycles. The average Bonchev–Trinajstić information content (AvgIpc) is 3.38. The predicted octanol–water partition coefficient (Wildman–Crippen LogP) is 2.40. The molecule has 2 aliphatic heterocycles. The van der Waals surface area contributed by atoms with Crippen LogP contribution in [0.2, 0.25) is 0 Å². The minimum absolute atomic E-state index is 0.0191. The van der Waals surface area contributed by atoms with Crippen LogP contribution in [0.4, 0.5) is 11.4 Å². The molecule has 4 amide bonds. The number of carbonyl (C=O) groups is 6. The summed E-state index contributed by atoms with van der Waals surface area (Å²) in [5, 5.41) is 0. The van der Waals surface area contributed by atoms with Crippen molar-refractivity contribution in [1.29, 1.82) is 0 Å². The third-order valence-electron chi connectivity index (χ3n) is 5.54. The van der Waals surface area contributed by atoms with Gasteiger partial charge in [0.15, 0.2) is 0 Å². The van der Waals surface area contributed by atoms with Gasteiger partial charge in [-0.25, -0.2) is 9.59 Å². The van der Waals surface area contributed by atoms with Gasteiger partial charge in [-0.15, -0.1) is 0 Å². The van der Waals surface area contributed by atoms with Crippen LogP contribution in [0, 0.1) is 0 Å². The first-order chi connectivity index (χ1) is 16.8. The molecule has 2 aromatic rings. The number of benzene rings is 2. The summed E-state index contributed by atoms with van der Waals surface area (Å²) in [7, 11) is 0. The van der Waals surface area contributed by atoms with Gasteiger partial charge >= 0.3 is 11.9 Å². The number of imide groups is 2. The number of rotatable bonds is 8. The Morgan fingerprint density at radius 2 is 1.00 bits per heavy atom. The summed E-state index contributed by atoms with van der Waals surface area (Å²) >= 11 is 0. The van der Waals surface area contributed by atoms with E-state index in [-0.39, 0.29) is 80.1 Å². The van der Waals surface area contributed by atoms with Gasteiger partial charge in [0.2, 0.25) is 23.6 Å².